The minimum absolute atomic E-state index is 0.195. The largest absolute Gasteiger partial charge is 0.396 e. The van der Waals surface area contributed by atoms with E-state index in [-0.39, 0.29) is 12.5 Å². The molecule has 0 aliphatic carbocycles. The summed E-state index contributed by atoms with van der Waals surface area (Å²) in [5.74, 6) is -0.387. The second-order valence-electron chi connectivity index (χ2n) is 5.48. The highest BCUT2D eigenvalue weighted by molar-refractivity contribution is 5.92. The second kappa shape index (κ2) is 8.12. The van der Waals surface area contributed by atoms with E-state index in [1.807, 2.05) is 12.1 Å². The molecule has 1 heterocycles. The van der Waals surface area contributed by atoms with Gasteiger partial charge in [0.25, 0.3) is 0 Å². The van der Waals surface area contributed by atoms with Crippen molar-refractivity contribution in [2.75, 3.05) is 26.3 Å². The highest BCUT2D eigenvalue weighted by Gasteiger charge is 2.19. The molecule has 5 heteroatoms. The van der Waals surface area contributed by atoms with E-state index in [1.54, 1.807) is 12.1 Å². The van der Waals surface area contributed by atoms with E-state index in [4.69, 9.17) is 15.6 Å². The fraction of sp³-hybridized carbons (Fsp3) is 0.562. The van der Waals surface area contributed by atoms with Crippen molar-refractivity contribution in [3.8, 4) is 0 Å². The van der Waals surface area contributed by atoms with Crippen molar-refractivity contribution < 1.29 is 14.6 Å². The van der Waals surface area contributed by atoms with E-state index in [1.165, 1.54) is 5.56 Å². The smallest absolute Gasteiger partial charge is 0.248 e. The Kier molecular flexibility index (Phi) is 6.17. The van der Waals surface area contributed by atoms with Gasteiger partial charge in [0, 0.05) is 38.4 Å². The molecule has 1 aromatic carbocycles. The van der Waals surface area contributed by atoms with Crippen LogP contribution < -0.4 is 5.73 Å². The number of benzene rings is 1. The topological polar surface area (TPSA) is 75.8 Å². The summed E-state index contributed by atoms with van der Waals surface area (Å²) in [6, 6.07) is 7.48. The number of piperidine rings is 1. The predicted molar refractivity (Wildman–Crippen MR) is 80.9 cm³/mol. The van der Waals surface area contributed by atoms with E-state index < -0.39 is 0 Å². The Morgan fingerprint density at radius 3 is 2.52 bits per heavy atom. The zero-order valence-corrected chi connectivity index (χ0v) is 12.3. The van der Waals surface area contributed by atoms with Gasteiger partial charge in [-0.25, -0.2) is 0 Å². The summed E-state index contributed by atoms with van der Waals surface area (Å²) in [6.07, 6.45) is 3.10. The van der Waals surface area contributed by atoms with E-state index in [2.05, 4.69) is 4.90 Å². The summed E-state index contributed by atoms with van der Waals surface area (Å²) < 4.78 is 5.73. The van der Waals surface area contributed by atoms with Gasteiger partial charge < -0.3 is 15.6 Å². The Morgan fingerprint density at radius 2 is 1.95 bits per heavy atom. The molecule has 21 heavy (non-hydrogen) atoms. The molecular formula is C16H24N2O3. The van der Waals surface area contributed by atoms with Crippen LogP contribution in [0.1, 0.15) is 35.2 Å². The lowest BCUT2D eigenvalue weighted by Crippen LogP contribution is -2.36. The van der Waals surface area contributed by atoms with Crippen LogP contribution in [0.4, 0.5) is 0 Å². The molecule has 0 radical (unpaired) electrons. The fourth-order valence-electron chi connectivity index (χ4n) is 2.58. The molecule has 116 valence electrons. The third-order valence-corrected chi connectivity index (χ3v) is 3.84. The molecule has 0 spiro atoms. The van der Waals surface area contributed by atoms with Crippen molar-refractivity contribution in [2.45, 2.75) is 31.9 Å². The number of hydrogen-bond donors (Lipinski definition) is 2. The van der Waals surface area contributed by atoms with Gasteiger partial charge in [0.1, 0.15) is 0 Å². The number of likely N-dealkylation sites (tertiary alicyclic amines) is 1. The van der Waals surface area contributed by atoms with Crippen LogP contribution in [0, 0.1) is 0 Å². The van der Waals surface area contributed by atoms with Gasteiger partial charge in [0.15, 0.2) is 0 Å². The quantitative estimate of drug-likeness (QED) is 0.739. The third kappa shape index (κ3) is 5.12. The summed E-state index contributed by atoms with van der Waals surface area (Å²) >= 11 is 0. The van der Waals surface area contributed by atoms with Gasteiger partial charge in [-0.3, -0.25) is 9.69 Å². The van der Waals surface area contributed by atoms with E-state index in [0.29, 0.717) is 24.7 Å². The standard InChI is InChI=1S/C16H24N2O3/c17-16(20)14-4-2-13(3-5-14)12-18-8-6-15(7-9-18)21-11-1-10-19/h2-5,15,19H,1,6-12H2,(H2,17,20). The molecule has 3 N–H and O–H groups in total. The monoisotopic (exact) mass is 292 g/mol. The summed E-state index contributed by atoms with van der Waals surface area (Å²) in [5.41, 5.74) is 6.98. The fourth-order valence-corrected chi connectivity index (χ4v) is 2.58. The zero-order valence-electron chi connectivity index (χ0n) is 12.3. The molecule has 0 saturated carbocycles. The first-order chi connectivity index (χ1) is 10.2. The minimum Gasteiger partial charge on any atom is -0.396 e. The Bertz CT molecular complexity index is 439. The average Bonchev–Trinajstić information content (AvgIpc) is 2.50. The summed E-state index contributed by atoms with van der Waals surface area (Å²) in [5, 5.41) is 8.74. The first-order valence-electron chi connectivity index (χ1n) is 7.52. The van der Waals surface area contributed by atoms with Crippen molar-refractivity contribution in [1.82, 2.24) is 4.90 Å². The van der Waals surface area contributed by atoms with Crippen LogP contribution >= 0.6 is 0 Å². The van der Waals surface area contributed by atoms with Crippen LogP contribution in [0.2, 0.25) is 0 Å². The number of carbonyl (C=O) groups is 1. The van der Waals surface area contributed by atoms with Crippen LogP contribution in [-0.4, -0.2) is 48.3 Å². The molecular weight excluding hydrogens is 268 g/mol. The van der Waals surface area contributed by atoms with E-state index >= 15 is 0 Å². The molecule has 1 aliphatic heterocycles. The van der Waals surface area contributed by atoms with Crippen molar-refractivity contribution >= 4 is 5.91 Å². The molecule has 5 nitrogen and oxygen atoms in total. The number of carbonyl (C=O) groups excluding carboxylic acids is 1. The first-order valence-corrected chi connectivity index (χ1v) is 7.52. The number of aliphatic hydroxyl groups is 1. The number of ether oxygens (including phenoxy) is 1. The molecule has 0 unspecified atom stereocenters. The number of hydrogen-bond acceptors (Lipinski definition) is 4. The predicted octanol–water partition coefficient (Wildman–Crippen LogP) is 1.15. The summed E-state index contributed by atoms with van der Waals surface area (Å²) in [6.45, 7) is 3.76. The van der Waals surface area contributed by atoms with Crippen LogP contribution in [0.25, 0.3) is 0 Å². The molecule has 0 atom stereocenters. The normalized spacial score (nSPS) is 17.0. The zero-order chi connectivity index (χ0) is 15.1. The van der Waals surface area contributed by atoms with Crippen molar-refractivity contribution in [1.29, 1.82) is 0 Å². The summed E-state index contributed by atoms with van der Waals surface area (Å²) in [7, 11) is 0. The maximum absolute atomic E-state index is 11.0. The molecule has 0 aromatic heterocycles. The Labute approximate surface area is 125 Å². The molecule has 1 aliphatic rings. The van der Waals surface area contributed by atoms with Gasteiger partial charge >= 0.3 is 0 Å². The Morgan fingerprint density at radius 1 is 1.29 bits per heavy atom. The highest BCUT2D eigenvalue weighted by atomic mass is 16.5. The lowest BCUT2D eigenvalue weighted by Gasteiger charge is -2.31. The van der Waals surface area contributed by atoms with Crippen LogP contribution in [-0.2, 0) is 11.3 Å². The molecule has 1 aromatic rings. The van der Waals surface area contributed by atoms with Gasteiger partial charge in [-0.2, -0.15) is 0 Å². The maximum Gasteiger partial charge on any atom is 0.248 e. The molecule has 1 saturated heterocycles. The minimum atomic E-state index is -0.387. The van der Waals surface area contributed by atoms with Crippen molar-refractivity contribution in [3.63, 3.8) is 0 Å². The van der Waals surface area contributed by atoms with Gasteiger partial charge in [0.05, 0.1) is 6.10 Å². The van der Waals surface area contributed by atoms with E-state index in [9.17, 15) is 4.79 Å². The van der Waals surface area contributed by atoms with E-state index in [0.717, 1.165) is 32.5 Å². The van der Waals surface area contributed by atoms with Gasteiger partial charge in [-0.1, -0.05) is 12.1 Å². The van der Waals surface area contributed by atoms with Crippen LogP contribution in [0.3, 0.4) is 0 Å². The maximum atomic E-state index is 11.0. The number of nitrogens with two attached hydrogens (primary N) is 1. The Hall–Kier alpha value is -1.43. The highest BCUT2D eigenvalue weighted by Crippen LogP contribution is 2.16. The molecule has 0 bridgehead atoms. The third-order valence-electron chi connectivity index (χ3n) is 3.84. The first kappa shape index (κ1) is 15.9. The molecule has 1 amide bonds. The van der Waals surface area contributed by atoms with Gasteiger partial charge in [0.2, 0.25) is 5.91 Å². The lowest BCUT2D eigenvalue weighted by molar-refractivity contribution is 0.000783. The average molecular weight is 292 g/mol. The van der Waals surface area contributed by atoms with Crippen LogP contribution in [0.15, 0.2) is 24.3 Å². The Balaban J connectivity index is 1.74. The van der Waals surface area contributed by atoms with Crippen molar-refractivity contribution in [3.05, 3.63) is 35.4 Å². The number of primary amides is 1. The van der Waals surface area contributed by atoms with Gasteiger partial charge in [-0.15, -0.1) is 0 Å². The van der Waals surface area contributed by atoms with Crippen LogP contribution in [0.5, 0.6) is 0 Å². The SMILES string of the molecule is NC(=O)c1ccc(CN2CCC(OCCCO)CC2)cc1. The lowest BCUT2D eigenvalue weighted by atomic mass is 10.1. The number of amides is 1. The number of rotatable bonds is 7. The molecule has 2 rings (SSSR count). The second-order valence-corrected chi connectivity index (χ2v) is 5.48. The number of nitrogens with zero attached hydrogens (tertiary/aromatic N) is 1. The number of aliphatic hydroxyl groups excluding tert-OH is 1. The van der Waals surface area contributed by atoms with Crippen molar-refractivity contribution in [2.24, 2.45) is 5.73 Å². The van der Waals surface area contributed by atoms with Gasteiger partial charge in [-0.05, 0) is 37.0 Å². The summed E-state index contributed by atoms with van der Waals surface area (Å²) in [4.78, 5) is 13.4. The molecule has 1 fully saturated rings.